The maximum Gasteiger partial charge on any atom is 0.408 e. The smallest absolute Gasteiger partial charge is 0.408 e. The van der Waals surface area contributed by atoms with Gasteiger partial charge in [0, 0.05) is 10.9 Å². The number of ether oxygens (including phenoxy) is 3. The number of nitrogens with one attached hydrogen (secondary N) is 1. The van der Waals surface area contributed by atoms with E-state index in [9.17, 15) is 18.0 Å². The molecule has 1 unspecified atom stereocenters. The van der Waals surface area contributed by atoms with Crippen molar-refractivity contribution in [3.05, 3.63) is 58.1 Å². The van der Waals surface area contributed by atoms with Crippen molar-refractivity contribution in [2.24, 2.45) is 0 Å². The fraction of sp³-hybridized carbons (Fsp3) is 0.481. The standard InChI is InChI=1S/C27H36BrNO8S/c1-18-8-11-21(12-9-18)38(32,33)35-15-14-34-20-10-13-22(28)19(16-20)17-23(24(30)36-26(2,3)4)29-25(31)37-27(5,6)7/h8-13,16,23H,14-15,17H2,1-7H3,(H,29,31). The third kappa shape index (κ3) is 11.0. The molecule has 1 amide bonds. The molecular formula is C27H36BrNO8S. The van der Waals surface area contributed by atoms with Gasteiger partial charge in [0.2, 0.25) is 0 Å². The van der Waals surface area contributed by atoms with Crippen molar-refractivity contribution >= 4 is 38.1 Å². The number of hydrogen-bond donors (Lipinski definition) is 1. The third-order valence-electron chi connectivity index (χ3n) is 4.72. The maximum absolute atomic E-state index is 12.9. The molecule has 2 aromatic rings. The summed E-state index contributed by atoms with van der Waals surface area (Å²) in [7, 11) is -3.90. The van der Waals surface area contributed by atoms with Crippen LogP contribution in [0.2, 0.25) is 0 Å². The van der Waals surface area contributed by atoms with Gasteiger partial charge in [-0.1, -0.05) is 33.6 Å². The summed E-state index contributed by atoms with van der Waals surface area (Å²) in [6.07, 6.45) is -0.659. The molecule has 0 aromatic heterocycles. The highest BCUT2D eigenvalue weighted by Gasteiger charge is 2.29. The molecule has 0 bridgehead atoms. The zero-order valence-electron chi connectivity index (χ0n) is 22.8. The van der Waals surface area contributed by atoms with E-state index in [-0.39, 0.29) is 24.5 Å². The number of aryl methyl sites for hydroxylation is 1. The van der Waals surface area contributed by atoms with Crippen molar-refractivity contribution in [3.63, 3.8) is 0 Å². The van der Waals surface area contributed by atoms with Gasteiger partial charge in [-0.15, -0.1) is 0 Å². The summed E-state index contributed by atoms with van der Waals surface area (Å²) in [5, 5.41) is 2.59. The molecule has 0 radical (unpaired) electrons. The Morgan fingerprint density at radius 1 is 0.921 bits per heavy atom. The monoisotopic (exact) mass is 613 g/mol. The first-order chi connectivity index (χ1) is 17.4. The second-order valence-electron chi connectivity index (χ2n) is 10.6. The Kier molecular flexibility index (Phi) is 10.8. The normalized spacial score (nSPS) is 12.9. The van der Waals surface area contributed by atoms with E-state index in [1.54, 1.807) is 71.9 Å². The topological polar surface area (TPSA) is 117 Å². The Bertz CT molecular complexity index is 1220. The van der Waals surface area contributed by atoms with E-state index in [0.717, 1.165) is 5.56 Å². The second-order valence-corrected chi connectivity index (χ2v) is 13.1. The molecular weight excluding hydrogens is 578 g/mol. The quantitative estimate of drug-likeness (QED) is 0.217. The first kappa shape index (κ1) is 31.6. The molecule has 0 aliphatic carbocycles. The molecule has 38 heavy (non-hydrogen) atoms. The predicted octanol–water partition coefficient (Wildman–Crippen LogP) is 5.32. The van der Waals surface area contributed by atoms with E-state index in [0.29, 0.717) is 15.8 Å². The number of hydrogen-bond acceptors (Lipinski definition) is 8. The predicted molar refractivity (Wildman–Crippen MR) is 147 cm³/mol. The number of halogens is 1. The van der Waals surface area contributed by atoms with E-state index >= 15 is 0 Å². The van der Waals surface area contributed by atoms with E-state index in [1.807, 2.05) is 6.92 Å². The van der Waals surface area contributed by atoms with Crippen LogP contribution < -0.4 is 10.1 Å². The van der Waals surface area contributed by atoms with Crippen LogP contribution in [-0.2, 0) is 35.0 Å². The van der Waals surface area contributed by atoms with E-state index in [4.69, 9.17) is 18.4 Å². The largest absolute Gasteiger partial charge is 0.491 e. The average Bonchev–Trinajstić information content (AvgIpc) is 2.76. The summed E-state index contributed by atoms with van der Waals surface area (Å²) >= 11 is 3.47. The van der Waals surface area contributed by atoms with Crippen molar-refractivity contribution < 1.29 is 36.4 Å². The Hall–Kier alpha value is -2.63. The van der Waals surface area contributed by atoms with Gasteiger partial charge in [0.1, 0.15) is 36.2 Å². The lowest BCUT2D eigenvalue weighted by Gasteiger charge is -2.26. The molecule has 0 saturated carbocycles. The first-order valence-corrected chi connectivity index (χ1v) is 14.2. The van der Waals surface area contributed by atoms with Crippen LogP contribution in [0.25, 0.3) is 0 Å². The van der Waals surface area contributed by atoms with Crippen molar-refractivity contribution in [2.75, 3.05) is 13.2 Å². The molecule has 210 valence electrons. The number of amides is 1. The first-order valence-electron chi connectivity index (χ1n) is 12.0. The molecule has 0 aliphatic rings. The Labute approximate surface area is 233 Å². The molecule has 11 heteroatoms. The molecule has 9 nitrogen and oxygen atoms in total. The van der Waals surface area contributed by atoms with Gasteiger partial charge < -0.3 is 19.5 Å². The van der Waals surface area contributed by atoms with Crippen molar-refractivity contribution in [1.82, 2.24) is 5.32 Å². The molecule has 0 saturated heterocycles. The highest BCUT2D eigenvalue weighted by atomic mass is 79.9. The highest BCUT2D eigenvalue weighted by Crippen LogP contribution is 2.25. The fourth-order valence-corrected chi connectivity index (χ4v) is 4.41. The number of alkyl carbamates (subject to hydrolysis) is 1. The fourth-order valence-electron chi connectivity index (χ4n) is 3.11. The van der Waals surface area contributed by atoms with Gasteiger partial charge >= 0.3 is 12.1 Å². The minimum absolute atomic E-state index is 0.0299. The number of benzene rings is 2. The molecule has 0 spiro atoms. The minimum Gasteiger partial charge on any atom is -0.491 e. The Balaban J connectivity index is 2.08. The lowest BCUT2D eigenvalue weighted by molar-refractivity contribution is -0.157. The van der Waals surface area contributed by atoms with E-state index in [2.05, 4.69) is 21.2 Å². The number of esters is 1. The summed E-state index contributed by atoms with van der Waals surface area (Å²) < 4.78 is 46.9. The zero-order valence-corrected chi connectivity index (χ0v) is 25.2. The SMILES string of the molecule is Cc1ccc(S(=O)(=O)OCCOc2ccc(Br)c(CC(NC(=O)OC(C)(C)C)C(=O)OC(C)(C)C)c2)cc1. The van der Waals surface area contributed by atoms with Gasteiger partial charge in [0.15, 0.2) is 0 Å². The lowest BCUT2D eigenvalue weighted by Crippen LogP contribution is -2.47. The van der Waals surface area contributed by atoms with Crippen LogP contribution in [0.1, 0.15) is 52.7 Å². The van der Waals surface area contributed by atoms with Gasteiger partial charge in [0.05, 0.1) is 4.90 Å². The van der Waals surface area contributed by atoms with Crippen LogP contribution in [0.4, 0.5) is 4.79 Å². The molecule has 0 aliphatic heterocycles. The van der Waals surface area contributed by atoms with Crippen molar-refractivity contribution in [2.45, 2.75) is 77.0 Å². The molecule has 2 aromatic carbocycles. The van der Waals surface area contributed by atoms with Crippen molar-refractivity contribution in [1.29, 1.82) is 0 Å². The summed E-state index contributed by atoms with van der Waals surface area (Å²) in [5.41, 5.74) is 0.0916. The van der Waals surface area contributed by atoms with Crippen LogP contribution in [0.5, 0.6) is 5.75 Å². The molecule has 1 atom stereocenters. The Morgan fingerprint density at radius 3 is 2.11 bits per heavy atom. The van der Waals surface area contributed by atoms with Crippen LogP contribution in [0, 0.1) is 6.92 Å². The van der Waals surface area contributed by atoms with Gasteiger partial charge in [-0.25, -0.2) is 9.59 Å². The number of carbonyl (C=O) groups is 2. The maximum atomic E-state index is 12.9. The minimum atomic E-state index is -3.90. The number of rotatable bonds is 10. The van der Waals surface area contributed by atoms with Gasteiger partial charge in [-0.3, -0.25) is 4.18 Å². The molecule has 1 N–H and O–H groups in total. The van der Waals surface area contributed by atoms with Gasteiger partial charge in [-0.05, 0) is 84.4 Å². The van der Waals surface area contributed by atoms with Gasteiger partial charge in [0.25, 0.3) is 10.1 Å². The molecule has 2 rings (SSSR count). The summed E-state index contributed by atoms with van der Waals surface area (Å²) in [6.45, 7) is 12.0. The third-order valence-corrected chi connectivity index (χ3v) is 6.82. The van der Waals surface area contributed by atoms with Crippen LogP contribution >= 0.6 is 15.9 Å². The highest BCUT2D eigenvalue weighted by molar-refractivity contribution is 9.10. The molecule has 0 heterocycles. The number of carbonyl (C=O) groups excluding carboxylic acids is 2. The Morgan fingerprint density at radius 2 is 1.53 bits per heavy atom. The van der Waals surface area contributed by atoms with Gasteiger partial charge in [-0.2, -0.15) is 8.42 Å². The van der Waals surface area contributed by atoms with Crippen LogP contribution in [0.15, 0.2) is 51.8 Å². The van der Waals surface area contributed by atoms with E-state index in [1.165, 1.54) is 12.1 Å². The summed E-state index contributed by atoms with van der Waals surface area (Å²) in [6, 6.07) is 10.4. The summed E-state index contributed by atoms with van der Waals surface area (Å²) in [4.78, 5) is 25.4. The second kappa shape index (κ2) is 12.9. The van der Waals surface area contributed by atoms with Crippen molar-refractivity contribution in [3.8, 4) is 5.75 Å². The lowest BCUT2D eigenvalue weighted by atomic mass is 10.1. The zero-order chi connectivity index (χ0) is 28.7. The van der Waals surface area contributed by atoms with Crippen LogP contribution in [0.3, 0.4) is 0 Å². The molecule has 0 fully saturated rings. The van der Waals surface area contributed by atoms with E-state index < -0.39 is 39.4 Å². The van der Waals surface area contributed by atoms with Crippen LogP contribution in [-0.4, -0.2) is 50.9 Å². The summed E-state index contributed by atoms with van der Waals surface area (Å²) in [5.74, 6) is -0.184. The average molecular weight is 615 g/mol.